The molecule has 0 aromatic heterocycles. The van der Waals surface area contributed by atoms with E-state index in [0.717, 1.165) is 22.6 Å². The molecule has 1 amide bonds. The smallest absolute Gasteiger partial charge is 0.264 e. The van der Waals surface area contributed by atoms with Gasteiger partial charge in [0.25, 0.3) is 5.91 Å². The van der Waals surface area contributed by atoms with Gasteiger partial charge in [-0.1, -0.05) is 30.3 Å². The molecule has 1 aliphatic rings. The summed E-state index contributed by atoms with van der Waals surface area (Å²) in [5.41, 5.74) is 2.20. The number of carbonyl (C=O) groups is 1. The molecule has 32 heavy (non-hydrogen) atoms. The highest BCUT2D eigenvalue weighted by Crippen LogP contribution is 2.31. The lowest BCUT2D eigenvalue weighted by atomic mass is 10.2. The number of hydrogen-bond donors (Lipinski definition) is 1. The third-order valence-electron chi connectivity index (χ3n) is 4.52. The Kier molecular flexibility index (Phi) is 6.87. The van der Waals surface area contributed by atoms with Gasteiger partial charge < -0.3 is 14.8 Å². The van der Waals surface area contributed by atoms with Gasteiger partial charge in [-0.2, -0.15) is 0 Å². The van der Waals surface area contributed by atoms with Crippen LogP contribution in [0.5, 0.6) is 11.5 Å². The predicted octanol–water partition coefficient (Wildman–Crippen LogP) is 5.70. The Morgan fingerprint density at radius 2 is 1.84 bits per heavy atom. The van der Waals surface area contributed by atoms with Crippen LogP contribution in [0.1, 0.15) is 18.1 Å². The van der Waals surface area contributed by atoms with Crippen LogP contribution in [0.25, 0.3) is 6.08 Å². The highest BCUT2D eigenvalue weighted by Gasteiger charge is 2.24. The number of hydrogen-bond acceptors (Lipinski definition) is 5. The molecule has 1 N–H and O–H groups in total. The molecule has 4 rings (SSSR count). The van der Waals surface area contributed by atoms with E-state index < -0.39 is 0 Å². The Labute approximate surface area is 190 Å². The zero-order valence-electron chi connectivity index (χ0n) is 17.4. The third-order valence-corrected chi connectivity index (χ3v) is 5.43. The van der Waals surface area contributed by atoms with Crippen molar-refractivity contribution in [3.8, 4) is 11.5 Å². The molecule has 5 nitrogen and oxygen atoms in total. The van der Waals surface area contributed by atoms with Crippen molar-refractivity contribution in [1.82, 2.24) is 5.32 Å². The van der Waals surface area contributed by atoms with Gasteiger partial charge in [-0.25, -0.2) is 9.38 Å². The van der Waals surface area contributed by atoms with Crippen LogP contribution in [0.3, 0.4) is 0 Å². The molecule has 1 heterocycles. The van der Waals surface area contributed by atoms with Crippen molar-refractivity contribution in [3.05, 3.63) is 94.6 Å². The zero-order valence-corrected chi connectivity index (χ0v) is 18.2. The summed E-state index contributed by atoms with van der Waals surface area (Å²) in [5.74, 6) is 0.851. The van der Waals surface area contributed by atoms with E-state index in [9.17, 15) is 9.18 Å². The molecule has 0 unspecified atom stereocenters. The number of para-hydroxylation sites is 1. The van der Waals surface area contributed by atoms with Crippen molar-refractivity contribution >= 4 is 34.6 Å². The summed E-state index contributed by atoms with van der Waals surface area (Å²) in [5, 5.41) is 3.29. The van der Waals surface area contributed by atoms with Gasteiger partial charge in [0, 0.05) is 5.56 Å². The number of halogens is 1. The molecule has 1 aliphatic heterocycles. The Morgan fingerprint density at radius 3 is 2.62 bits per heavy atom. The highest BCUT2D eigenvalue weighted by molar-refractivity contribution is 8.18. The maximum absolute atomic E-state index is 13.4. The fourth-order valence-electron chi connectivity index (χ4n) is 3.04. The summed E-state index contributed by atoms with van der Waals surface area (Å²) in [6.45, 7) is 2.75. The van der Waals surface area contributed by atoms with Crippen molar-refractivity contribution in [2.75, 3.05) is 6.61 Å². The Balaban J connectivity index is 1.48. The van der Waals surface area contributed by atoms with Crippen molar-refractivity contribution in [2.45, 2.75) is 13.5 Å². The monoisotopic (exact) mass is 448 g/mol. The second-order valence-electron chi connectivity index (χ2n) is 6.87. The molecule has 162 valence electrons. The average Bonchev–Trinajstić information content (AvgIpc) is 3.13. The molecule has 3 aromatic rings. The van der Waals surface area contributed by atoms with Crippen LogP contribution in [0.4, 0.5) is 10.1 Å². The minimum absolute atomic E-state index is 0.223. The quantitative estimate of drug-likeness (QED) is 0.472. The standard InChI is InChI=1S/C25H21FN2O3S/c1-2-30-21-12-10-20(11-13-21)27-25-28-24(29)23(32-25)15-18-7-3-4-9-22(18)31-16-17-6-5-8-19(26)14-17/h3-15H,2,16H2,1H3,(H,27,28,29)/b23-15+. The van der Waals surface area contributed by atoms with Gasteiger partial charge in [-0.3, -0.25) is 4.79 Å². The summed E-state index contributed by atoms with van der Waals surface area (Å²) in [6.07, 6.45) is 1.77. The van der Waals surface area contributed by atoms with Gasteiger partial charge in [0.15, 0.2) is 5.17 Å². The average molecular weight is 449 g/mol. The van der Waals surface area contributed by atoms with E-state index in [1.807, 2.05) is 55.5 Å². The molecule has 0 spiro atoms. The molecule has 0 radical (unpaired) electrons. The van der Waals surface area contributed by atoms with Crippen LogP contribution in [0, 0.1) is 5.82 Å². The van der Waals surface area contributed by atoms with Gasteiger partial charge in [0.05, 0.1) is 17.2 Å². The number of ether oxygens (including phenoxy) is 2. The summed E-state index contributed by atoms with van der Waals surface area (Å²) >= 11 is 1.26. The SMILES string of the molecule is CCOc1ccc(N=C2NC(=O)/C(=C\c3ccccc3OCc3cccc(F)c3)S2)cc1. The number of carbonyl (C=O) groups excluding carboxylic acids is 1. The lowest BCUT2D eigenvalue weighted by molar-refractivity contribution is -0.115. The molecule has 0 bridgehead atoms. The van der Waals surface area contributed by atoms with E-state index in [-0.39, 0.29) is 18.3 Å². The Morgan fingerprint density at radius 1 is 1.03 bits per heavy atom. The van der Waals surface area contributed by atoms with Crippen molar-refractivity contribution in [2.24, 2.45) is 4.99 Å². The molecular formula is C25H21FN2O3S. The van der Waals surface area contributed by atoms with Crippen molar-refractivity contribution in [1.29, 1.82) is 0 Å². The van der Waals surface area contributed by atoms with E-state index in [4.69, 9.17) is 9.47 Å². The van der Waals surface area contributed by atoms with Crippen LogP contribution in [0.2, 0.25) is 0 Å². The Hall–Kier alpha value is -3.58. The van der Waals surface area contributed by atoms with Crippen LogP contribution in [-0.2, 0) is 11.4 Å². The summed E-state index contributed by atoms with van der Waals surface area (Å²) < 4.78 is 24.7. The van der Waals surface area contributed by atoms with Gasteiger partial charge in [-0.05, 0) is 72.8 Å². The van der Waals surface area contributed by atoms with Crippen molar-refractivity contribution in [3.63, 3.8) is 0 Å². The molecule has 0 atom stereocenters. The number of nitrogens with one attached hydrogen (secondary N) is 1. The number of amides is 1. The van der Waals surface area contributed by atoms with Crippen LogP contribution >= 0.6 is 11.8 Å². The van der Waals surface area contributed by atoms with E-state index >= 15 is 0 Å². The summed E-state index contributed by atoms with van der Waals surface area (Å²) in [7, 11) is 0. The first-order chi connectivity index (χ1) is 15.6. The molecule has 1 fully saturated rings. The van der Waals surface area contributed by atoms with Gasteiger partial charge in [0.1, 0.15) is 23.9 Å². The number of benzene rings is 3. The zero-order chi connectivity index (χ0) is 22.3. The second kappa shape index (κ2) is 10.2. The summed E-state index contributed by atoms with van der Waals surface area (Å²) in [6, 6.07) is 21.0. The molecule has 0 saturated carbocycles. The number of rotatable bonds is 7. The van der Waals surface area contributed by atoms with Crippen LogP contribution in [-0.4, -0.2) is 17.7 Å². The minimum Gasteiger partial charge on any atom is -0.494 e. The van der Waals surface area contributed by atoms with Crippen LogP contribution in [0.15, 0.2) is 82.7 Å². The molecule has 7 heteroatoms. The predicted molar refractivity (Wildman–Crippen MR) is 126 cm³/mol. The Bertz CT molecular complexity index is 1180. The van der Waals surface area contributed by atoms with E-state index in [2.05, 4.69) is 10.3 Å². The lowest BCUT2D eigenvalue weighted by Crippen LogP contribution is -2.19. The number of aliphatic imine (C=N–C) groups is 1. The van der Waals surface area contributed by atoms with Gasteiger partial charge in [-0.15, -0.1) is 0 Å². The number of amidine groups is 1. The number of nitrogens with zero attached hydrogens (tertiary/aromatic N) is 1. The molecular weight excluding hydrogens is 427 g/mol. The first-order valence-electron chi connectivity index (χ1n) is 10.1. The van der Waals surface area contributed by atoms with Gasteiger partial charge in [0.2, 0.25) is 0 Å². The minimum atomic E-state index is -0.306. The molecule has 0 aliphatic carbocycles. The maximum atomic E-state index is 13.4. The third kappa shape index (κ3) is 5.56. The lowest BCUT2D eigenvalue weighted by Gasteiger charge is -2.09. The van der Waals surface area contributed by atoms with Crippen molar-refractivity contribution < 1.29 is 18.7 Å². The molecule has 3 aromatic carbocycles. The first-order valence-corrected chi connectivity index (χ1v) is 10.9. The normalized spacial score (nSPS) is 15.8. The highest BCUT2D eigenvalue weighted by atomic mass is 32.2. The summed E-state index contributed by atoms with van der Waals surface area (Å²) in [4.78, 5) is 17.5. The number of thioether (sulfide) groups is 1. The fourth-order valence-corrected chi connectivity index (χ4v) is 3.87. The van der Waals surface area contributed by atoms with Crippen LogP contribution < -0.4 is 14.8 Å². The maximum Gasteiger partial charge on any atom is 0.264 e. The van der Waals surface area contributed by atoms with Gasteiger partial charge >= 0.3 is 0 Å². The van der Waals surface area contributed by atoms with E-state index in [0.29, 0.717) is 22.4 Å². The first kappa shape index (κ1) is 21.6. The van der Waals surface area contributed by atoms with E-state index in [1.54, 1.807) is 18.2 Å². The fraction of sp³-hybridized carbons (Fsp3) is 0.120. The molecule has 1 saturated heterocycles. The largest absolute Gasteiger partial charge is 0.494 e. The second-order valence-corrected chi connectivity index (χ2v) is 7.90. The van der Waals surface area contributed by atoms with E-state index in [1.165, 1.54) is 23.9 Å². The topological polar surface area (TPSA) is 59.9 Å².